The summed E-state index contributed by atoms with van der Waals surface area (Å²) in [6.45, 7) is 0. The highest BCUT2D eigenvalue weighted by Gasteiger charge is 2.09. The quantitative estimate of drug-likeness (QED) is 0.577. The number of hydrogen-bond donors (Lipinski definition) is 0. The first-order chi connectivity index (χ1) is 5.34. The highest BCUT2D eigenvalue weighted by molar-refractivity contribution is 6.28. The molecule has 2 heteroatoms. The maximum atomic E-state index is 11.1. The molecule has 1 rings (SSSR count). The van der Waals surface area contributed by atoms with E-state index in [1.54, 1.807) is 0 Å². The van der Waals surface area contributed by atoms with Gasteiger partial charge in [0.2, 0.25) is 0 Å². The van der Waals surface area contributed by atoms with Crippen molar-refractivity contribution in [3.05, 3.63) is 36.5 Å². The number of carbonyl (C=O) groups is 1. The highest BCUT2D eigenvalue weighted by Crippen LogP contribution is 2.07. The van der Waals surface area contributed by atoms with Crippen molar-refractivity contribution in [2.24, 2.45) is 5.92 Å². The normalized spacial score (nSPS) is 16.8. The second kappa shape index (κ2) is 4.14. The first-order valence-electron chi connectivity index (χ1n) is 3.45. The van der Waals surface area contributed by atoms with Crippen LogP contribution in [0.15, 0.2) is 36.5 Å². The molecule has 0 saturated carbocycles. The number of Topliss-reactive ketones (excluding diaryl/α,β-unsaturated/α-hetero) is 1. The van der Waals surface area contributed by atoms with E-state index in [9.17, 15) is 4.79 Å². The molecule has 1 aliphatic carbocycles. The van der Waals surface area contributed by atoms with Gasteiger partial charge in [-0.3, -0.25) is 4.79 Å². The van der Waals surface area contributed by atoms with Gasteiger partial charge in [-0.1, -0.05) is 36.5 Å². The Bertz CT molecular complexity index is 210. The van der Waals surface area contributed by atoms with Gasteiger partial charge in [-0.05, 0) is 0 Å². The molecule has 0 aromatic rings. The Labute approximate surface area is 71.0 Å². The molecule has 0 aromatic carbocycles. The molecule has 0 spiro atoms. The molecule has 0 atom stereocenters. The van der Waals surface area contributed by atoms with Crippen molar-refractivity contribution >= 4 is 17.4 Å². The van der Waals surface area contributed by atoms with Gasteiger partial charge in [0.1, 0.15) is 0 Å². The molecule has 0 amide bonds. The van der Waals surface area contributed by atoms with Crippen LogP contribution in [0.2, 0.25) is 0 Å². The predicted molar refractivity (Wildman–Crippen MR) is 46.6 cm³/mol. The zero-order valence-corrected chi connectivity index (χ0v) is 6.79. The summed E-state index contributed by atoms with van der Waals surface area (Å²) in [5.74, 6) is -0.00957. The summed E-state index contributed by atoms with van der Waals surface area (Å²) in [5, 5.41) is 0. The minimum atomic E-state index is -0.137. The topological polar surface area (TPSA) is 17.1 Å². The highest BCUT2D eigenvalue weighted by atomic mass is 35.5. The molecule has 0 bridgehead atoms. The lowest BCUT2D eigenvalue weighted by Gasteiger charge is -2.00. The van der Waals surface area contributed by atoms with Gasteiger partial charge in [-0.2, -0.15) is 0 Å². The van der Waals surface area contributed by atoms with E-state index < -0.39 is 0 Å². The molecule has 0 unspecified atom stereocenters. The third kappa shape index (κ3) is 2.35. The second-order valence-corrected chi connectivity index (χ2v) is 2.55. The van der Waals surface area contributed by atoms with Crippen molar-refractivity contribution in [1.82, 2.24) is 0 Å². The average molecular weight is 169 g/mol. The molecule has 0 saturated heterocycles. The Balaban J connectivity index is 2.67. The Morgan fingerprint density at radius 2 is 1.73 bits per heavy atom. The number of carbonyl (C=O) groups excluding carboxylic acids is 1. The van der Waals surface area contributed by atoms with E-state index in [-0.39, 0.29) is 17.6 Å². The maximum absolute atomic E-state index is 11.1. The van der Waals surface area contributed by atoms with E-state index in [1.165, 1.54) is 0 Å². The van der Waals surface area contributed by atoms with Crippen LogP contribution in [0, 0.1) is 5.92 Å². The van der Waals surface area contributed by atoms with Crippen molar-refractivity contribution in [2.45, 2.75) is 0 Å². The van der Waals surface area contributed by atoms with E-state index in [0.29, 0.717) is 0 Å². The van der Waals surface area contributed by atoms with Crippen molar-refractivity contribution in [3.8, 4) is 0 Å². The molecule has 0 N–H and O–H groups in total. The SMILES string of the molecule is O=C(CCl)C1C=CC=CC=C1. The summed E-state index contributed by atoms with van der Waals surface area (Å²) in [4.78, 5) is 11.1. The van der Waals surface area contributed by atoms with E-state index in [0.717, 1.165) is 0 Å². The summed E-state index contributed by atoms with van der Waals surface area (Å²) in [6, 6.07) is 0. The molecule has 0 aliphatic heterocycles. The van der Waals surface area contributed by atoms with Gasteiger partial charge in [0.25, 0.3) is 0 Å². The zero-order chi connectivity index (χ0) is 8.10. The van der Waals surface area contributed by atoms with Crippen molar-refractivity contribution < 1.29 is 4.79 Å². The monoisotopic (exact) mass is 168 g/mol. The van der Waals surface area contributed by atoms with Crippen LogP contribution in [0.1, 0.15) is 0 Å². The fraction of sp³-hybridized carbons (Fsp3) is 0.222. The van der Waals surface area contributed by atoms with E-state index in [1.807, 2.05) is 36.5 Å². The van der Waals surface area contributed by atoms with Crippen molar-refractivity contribution in [1.29, 1.82) is 0 Å². The summed E-state index contributed by atoms with van der Waals surface area (Å²) < 4.78 is 0. The van der Waals surface area contributed by atoms with Crippen LogP contribution in [0.3, 0.4) is 0 Å². The standard InChI is InChI=1S/C9H9ClO/c10-7-9(11)8-5-3-1-2-4-6-8/h1-6,8H,7H2. The molecule has 58 valence electrons. The number of allylic oxidation sites excluding steroid dienone is 6. The third-order valence-electron chi connectivity index (χ3n) is 1.47. The van der Waals surface area contributed by atoms with E-state index in [2.05, 4.69) is 0 Å². The molecular weight excluding hydrogens is 160 g/mol. The Morgan fingerprint density at radius 3 is 2.18 bits per heavy atom. The number of alkyl halides is 1. The van der Waals surface area contributed by atoms with Crippen LogP contribution in [0.4, 0.5) is 0 Å². The lowest BCUT2D eigenvalue weighted by Crippen LogP contribution is -2.10. The Morgan fingerprint density at radius 1 is 1.18 bits per heavy atom. The summed E-state index contributed by atoms with van der Waals surface area (Å²) in [6.07, 6.45) is 11.2. The average Bonchev–Trinajstić information content (AvgIpc) is 2.30. The first-order valence-corrected chi connectivity index (χ1v) is 3.98. The van der Waals surface area contributed by atoms with Gasteiger partial charge in [0.15, 0.2) is 5.78 Å². The molecule has 1 nitrogen and oxygen atoms in total. The minimum Gasteiger partial charge on any atom is -0.297 e. The van der Waals surface area contributed by atoms with E-state index in [4.69, 9.17) is 11.6 Å². The largest absolute Gasteiger partial charge is 0.297 e. The molecule has 0 aromatic heterocycles. The molecule has 0 radical (unpaired) electrons. The summed E-state index contributed by atoms with van der Waals surface area (Å²) in [5.41, 5.74) is 0. The fourth-order valence-corrected chi connectivity index (χ4v) is 1.04. The number of hydrogen-bond acceptors (Lipinski definition) is 1. The van der Waals surface area contributed by atoms with Crippen LogP contribution in [0.5, 0.6) is 0 Å². The van der Waals surface area contributed by atoms with Gasteiger partial charge < -0.3 is 0 Å². The van der Waals surface area contributed by atoms with Gasteiger partial charge in [0.05, 0.1) is 11.8 Å². The molecule has 11 heavy (non-hydrogen) atoms. The lowest BCUT2D eigenvalue weighted by molar-refractivity contribution is -0.117. The Kier molecular flexibility index (Phi) is 3.12. The summed E-state index contributed by atoms with van der Waals surface area (Å²) >= 11 is 5.40. The van der Waals surface area contributed by atoms with Gasteiger partial charge in [-0.15, -0.1) is 11.6 Å². The number of ketones is 1. The smallest absolute Gasteiger partial charge is 0.158 e. The molecular formula is C9H9ClO. The van der Waals surface area contributed by atoms with Crippen molar-refractivity contribution in [2.75, 3.05) is 5.88 Å². The minimum absolute atomic E-state index is 0.0443. The van der Waals surface area contributed by atoms with E-state index >= 15 is 0 Å². The first kappa shape index (κ1) is 8.28. The predicted octanol–water partition coefficient (Wildman–Crippen LogP) is 2.09. The van der Waals surface area contributed by atoms with Crippen LogP contribution in [0.25, 0.3) is 0 Å². The number of rotatable bonds is 2. The van der Waals surface area contributed by atoms with Crippen LogP contribution in [-0.2, 0) is 4.79 Å². The van der Waals surface area contributed by atoms with Gasteiger partial charge >= 0.3 is 0 Å². The Hall–Kier alpha value is -0.820. The third-order valence-corrected chi connectivity index (χ3v) is 1.74. The maximum Gasteiger partial charge on any atom is 0.158 e. The lowest BCUT2D eigenvalue weighted by atomic mass is 10.1. The van der Waals surface area contributed by atoms with Gasteiger partial charge in [0, 0.05) is 0 Å². The molecule has 0 fully saturated rings. The van der Waals surface area contributed by atoms with Crippen LogP contribution < -0.4 is 0 Å². The van der Waals surface area contributed by atoms with Gasteiger partial charge in [-0.25, -0.2) is 0 Å². The summed E-state index contributed by atoms with van der Waals surface area (Å²) in [7, 11) is 0. The van der Waals surface area contributed by atoms with Crippen LogP contribution in [-0.4, -0.2) is 11.7 Å². The zero-order valence-electron chi connectivity index (χ0n) is 6.03. The van der Waals surface area contributed by atoms with Crippen molar-refractivity contribution in [3.63, 3.8) is 0 Å². The van der Waals surface area contributed by atoms with Crippen LogP contribution >= 0.6 is 11.6 Å². The molecule has 0 heterocycles. The second-order valence-electron chi connectivity index (χ2n) is 2.28. The fourth-order valence-electron chi connectivity index (χ4n) is 0.864. The molecule has 1 aliphatic rings. The number of halogens is 1.